The average Bonchev–Trinajstić information content (AvgIpc) is 2.98. The van der Waals surface area contributed by atoms with E-state index in [-0.39, 0.29) is 5.56 Å². The summed E-state index contributed by atoms with van der Waals surface area (Å²) >= 11 is 1.36. The summed E-state index contributed by atoms with van der Waals surface area (Å²) in [7, 11) is 0. The molecule has 0 radical (unpaired) electrons. The first-order valence-electron chi connectivity index (χ1n) is 8.81. The molecular formula is C21H19N5OS. The number of nitrogen functional groups attached to an aromatic ring is 1. The monoisotopic (exact) mass is 389 g/mol. The fourth-order valence-electron chi connectivity index (χ4n) is 2.99. The number of aryl methyl sites for hydroxylation is 3. The Morgan fingerprint density at radius 2 is 1.50 bits per heavy atom. The fraction of sp³-hybridized carbons (Fsp3) is 0.143. The van der Waals surface area contributed by atoms with E-state index in [1.807, 2.05) is 69.3 Å². The minimum absolute atomic E-state index is 0.255. The number of nitrogens with two attached hydrogens (primary N) is 1. The van der Waals surface area contributed by atoms with E-state index in [0.717, 1.165) is 21.7 Å². The Labute approximate surface area is 166 Å². The molecule has 2 aromatic carbocycles. The standard InChI is InChI=1S/C21H19N5OS/c1-12-4-8-15(9-5-12)23-24-20-17-14(3)28-19(22)18(17)21(27)26(25-20)16-10-6-13(2)7-11-16/h4-11H,22H2,1-3H3. The van der Waals surface area contributed by atoms with Crippen LogP contribution in [0.25, 0.3) is 16.5 Å². The number of fused-ring (bicyclic) bond motifs is 1. The quantitative estimate of drug-likeness (QED) is 0.478. The summed E-state index contributed by atoms with van der Waals surface area (Å²) in [6, 6.07) is 15.3. The molecule has 0 aliphatic rings. The summed E-state index contributed by atoms with van der Waals surface area (Å²) in [6.07, 6.45) is 0. The largest absolute Gasteiger partial charge is 0.390 e. The van der Waals surface area contributed by atoms with Crippen molar-refractivity contribution >= 4 is 38.6 Å². The maximum atomic E-state index is 13.1. The molecule has 0 saturated heterocycles. The van der Waals surface area contributed by atoms with Gasteiger partial charge in [0.1, 0.15) is 0 Å². The van der Waals surface area contributed by atoms with Gasteiger partial charge in [-0.1, -0.05) is 35.4 Å². The third kappa shape index (κ3) is 3.20. The number of hydrogen-bond acceptors (Lipinski definition) is 6. The van der Waals surface area contributed by atoms with Gasteiger partial charge in [-0.15, -0.1) is 26.7 Å². The van der Waals surface area contributed by atoms with Gasteiger partial charge in [0, 0.05) is 4.88 Å². The number of thiophene rings is 1. The van der Waals surface area contributed by atoms with Crippen molar-refractivity contribution in [3.05, 3.63) is 74.9 Å². The van der Waals surface area contributed by atoms with Crippen molar-refractivity contribution in [2.24, 2.45) is 10.2 Å². The van der Waals surface area contributed by atoms with Gasteiger partial charge in [0.05, 0.1) is 27.1 Å². The van der Waals surface area contributed by atoms with E-state index in [1.165, 1.54) is 16.0 Å². The second-order valence-corrected chi connectivity index (χ2v) is 7.94. The number of aromatic nitrogens is 2. The maximum Gasteiger partial charge on any atom is 0.282 e. The molecule has 2 N–H and O–H groups in total. The zero-order chi connectivity index (χ0) is 19.8. The smallest absolute Gasteiger partial charge is 0.282 e. The van der Waals surface area contributed by atoms with Crippen LogP contribution in [0, 0.1) is 20.8 Å². The molecule has 0 saturated carbocycles. The molecule has 0 spiro atoms. The van der Waals surface area contributed by atoms with E-state index in [1.54, 1.807) is 0 Å². The third-order valence-electron chi connectivity index (χ3n) is 4.51. The molecule has 28 heavy (non-hydrogen) atoms. The van der Waals surface area contributed by atoms with Gasteiger partial charge in [0.15, 0.2) is 0 Å². The van der Waals surface area contributed by atoms with Crippen LogP contribution < -0.4 is 11.3 Å². The lowest BCUT2D eigenvalue weighted by atomic mass is 10.2. The van der Waals surface area contributed by atoms with Gasteiger partial charge >= 0.3 is 0 Å². The molecule has 0 atom stereocenters. The molecular weight excluding hydrogens is 370 g/mol. The van der Waals surface area contributed by atoms with Crippen molar-refractivity contribution in [1.82, 2.24) is 9.78 Å². The van der Waals surface area contributed by atoms with Crippen LogP contribution in [0.5, 0.6) is 0 Å². The summed E-state index contributed by atoms with van der Waals surface area (Å²) in [5.41, 5.74) is 9.52. The summed E-state index contributed by atoms with van der Waals surface area (Å²) in [5, 5.41) is 14.7. The zero-order valence-electron chi connectivity index (χ0n) is 15.8. The highest BCUT2D eigenvalue weighted by atomic mass is 32.1. The first-order valence-corrected chi connectivity index (χ1v) is 9.63. The predicted molar refractivity (Wildman–Crippen MR) is 114 cm³/mol. The van der Waals surface area contributed by atoms with E-state index in [4.69, 9.17) is 5.73 Å². The molecule has 0 aliphatic carbocycles. The Morgan fingerprint density at radius 1 is 0.893 bits per heavy atom. The van der Waals surface area contributed by atoms with Gasteiger partial charge in [-0.25, -0.2) is 0 Å². The zero-order valence-corrected chi connectivity index (χ0v) is 16.6. The molecule has 0 fully saturated rings. The van der Waals surface area contributed by atoms with Crippen LogP contribution in [0.1, 0.15) is 16.0 Å². The van der Waals surface area contributed by atoms with Crippen molar-refractivity contribution in [2.45, 2.75) is 20.8 Å². The summed E-state index contributed by atoms with van der Waals surface area (Å²) < 4.78 is 1.34. The SMILES string of the molecule is Cc1ccc(N=Nc2nn(-c3ccc(C)cc3)c(=O)c3c(N)sc(C)c23)cc1. The molecule has 4 aromatic rings. The Balaban J connectivity index is 1.94. The fourth-order valence-corrected chi connectivity index (χ4v) is 3.91. The van der Waals surface area contributed by atoms with Crippen LogP contribution >= 0.6 is 11.3 Å². The van der Waals surface area contributed by atoms with Crippen molar-refractivity contribution in [3.63, 3.8) is 0 Å². The number of nitrogens with zero attached hydrogens (tertiary/aromatic N) is 4. The van der Waals surface area contributed by atoms with Crippen LogP contribution in [0.4, 0.5) is 16.5 Å². The van der Waals surface area contributed by atoms with Crippen LogP contribution in [0.15, 0.2) is 63.6 Å². The van der Waals surface area contributed by atoms with E-state index in [0.29, 0.717) is 27.3 Å². The van der Waals surface area contributed by atoms with Crippen LogP contribution in [0.2, 0.25) is 0 Å². The summed E-state index contributed by atoms with van der Waals surface area (Å²) in [5.74, 6) is 0.376. The Bertz CT molecular complexity index is 1250. The van der Waals surface area contributed by atoms with Crippen molar-refractivity contribution in [3.8, 4) is 5.69 Å². The molecule has 6 nitrogen and oxygen atoms in total. The first-order chi connectivity index (χ1) is 13.4. The highest BCUT2D eigenvalue weighted by molar-refractivity contribution is 7.17. The lowest BCUT2D eigenvalue weighted by Crippen LogP contribution is -2.21. The van der Waals surface area contributed by atoms with E-state index in [9.17, 15) is 4.79 Å². The van der Waals surface area contributed by atoms with E-state index in [2.05, 4.69) is 15.3 Å². The third-order valence-corrected chi connectivity index (χ3v) is 5.44. The molecule has 2 aromatic heterocycles. The Hall–Kier alpha value is -3.32. The van der Waals surface area contributed by atoms with Gasteiger partial charge in [0.25, 0.3) is 5.56 Å². The molecule has 0 bridgehead atoms. The molecule has 4 rings (SSSR count). The number of azo groups is 1. The van der Waals surface area contributed by atoms with Crippen molar-refractivity contribution < 1.29 is 0 Å². The molecule has 0 amide bonds. The lowest BCUT2D eigenvalue weighted by Gasteiger charge is -2.07. The van der Waals surface area contributed by atoms with Gasteiger partial charge in [-0.3, -0.25) is 4.79 Å². The molecule has 140 valence electrons. The maximum absolute atomic E-state index is 13.1. The number of rotatable bonds is 3. The van der Waals surface area contributed by atoms with Gasteiger partial charge < -0.3 is 5.73 Å². The Morgan fingerprint density at radius 3 is 2.14 bits per heavy atom. The topological polar surface area (TPSA) is 85.6 Å². The van der Waals surface area contributed by atoms with Crippen LogP contribution in [-0.2, 0) is 0 Å². The highest BCUT2D eigenvalue weighted by Gasteiger charge is 2.19. The normalized spacial score (nSPS) is 11.5. The minimum atomic E-state index is -0.255. The van der Waals surface area contributed by atoms with Crippen LogP contribution in [-0.4, -0.2) is 9.78 Å². The Kier molecular flexibility index (Phi) is 4.52. The number of hydrogen-bond donors (Lipinski definition) is 1. The number of benzene rings is 2. The predicted octanol–water partition coefficient (Wildman–Crippen LogP) is 5.37. The van der Waals surface area contributed by atoms with Crippen molar-refractivity contribution in [1.29, 1.82) is 0 Å². The van der Waals surface area contributed by atoms with E-state index >= 15 is 0 Å². The molecule has 2 heterocycles. The minimum Gasteiger partial charge on any atom is -0.390 e. The van der Waals surface area contributed by atoms with Crippen LogP contribution in [0.3, 0.4) is 0 Å². The van der Waals surface area contributed by atoms with Gasteiger partial charge in [0.2, 0.25) is 5.82 Å². The highest BCUT2D eigenvalue weighted by Crippen LogP contribution is 2.36. The average molecular weight is 389 g/mol. The second-order valence-electron chi connectivity index (χ2n) is 6.68. The molecule has 0 aliphatic heterocycles. The van der Waals surface area contributed by atoms with Gasteiger partial charge in [-0.2, -0.15) is 4.68 Å². The lowest BCUT2D eigenvalue weighted by molar-refractivity contribution is 0.817. The van der Waals surface area contributed by atoms with Crippen molar-refractivity contribution in [2.75, 3.05) is 5.73 Å². The number of anilines is 1. The summed E-state index contributed by atoms with van der Waals surface area (Å²) in [6.45, 7) is 5.91. The van der Waals surface area contributed by atoms with Gasteiger partial charge in [-0.05, 0) is 45.0 Å². The first kappa shape index (κ1) is 18.1. The molecule has 0 unspecified atom stereocenters. The summed E-state index contributed by atoms with van der Waals surface area (Å²) in [4.78, 5) is 14.0. The molecule has 7 heteroatoms. The van der Waals surface area contributed by atoms with E-state index < -0.39 is 0 Å². The second kappa shape index (κ2) is 7.01.